The van der Waals surface area contributed by atoms with Crippen molar-refractivity contribution < 1.29 is 15.0 Å². The SMILES string of the molecule is Cc1cccc(O)c1[C@@](C)(N)C(=O)O. The quantitative estimate of drug-likeness (QED) is 0.656. The van der Waals surface area contributed by atoms with E-state index in [0.717, 1.165) is 0 Å². The third-order valence-corrected chi connectivity index (χ3v) is 2.21. The van der Waals surface area contributed by atoms with E-state index in [1.807, 2.05) is 0 Å². The lowest BCUT2D eigenvalue weighted by molar-refractivity contribution is -0.143. The minimum Gasteiger partial charge on any atom is -0.508 e. The second-order valence-corrected chi connectivity index (χ2v) is 3.48. The van der Waals surface area contributed by atoms with Crippen molar-refractivity contribution in [2.45, 2.75) is 19.4 Å². The summed E-state index contributed by atoms with van der Waals surface area (Å²) < 4.78 is 0. The predicted molar refractivity (Wildman–Crippen MR) is 52.0 cm³/mol. The van der Waals surface area contributed by atoms with Gasteiger partial charge in [-0.3, -0.25) is 0 Å². The average Bonchev–Trinajstić information content (AvgIpc) is 2.02. The summed E-state index contributed by atoms with van der Waals surface area (Å²) in [5.41, 5.74) is 4.98. The van der Waals surface area contributed by atoms with Gasteiger partial charge in [0.2, 0.25) is 0 Å². The van der Waals surface area contributed by atoms with Gasteiger partial charge in [0, 0.05) is 5.56 Å². The van der Waals surface area contributed by atoms with E-state index in [-0.39, 0.29) is 11.3 Å². The first-order valence-electron chi connectivity index (χ1n) is 4.18. The Hall–Kier alpha value is -1.55. The van der Waals surface area contributed by atoms with Gasteiger partial charge in [-0.2, -0.15) is 0 Å². The molecule has 4 N–H and O–H groups in total. The number of phenols is 1. The van der Waals surface area contributed by atoms with E-state index in [2.05, 4.69) is 0 Å². The number of nitrogens with two attached hydrogens (primary N) is 1. The topological polar surface area (TPSA) is 83.5 Å². The number of aryl methyl sites for hydroxylation is 1. The van der Waals surface area contributed by atoms with Crippen LogP contribution in [0.5, 0.6) is 5.75 Å². The third kappa shape index (κ3) is 1.56. The van der Waals surface area contributed by atoms with Crippen LogP contribution in [0.1, 0.15) is 18.1 Å². The lowest BCUT2D eigenvalue weighted by atomic mass is 9.89. The van der Waals surface area contributed by atoms with Crippen LogP contribution in [0.2, 0.25) is 0 Å². The fourth-order valence-electron chi connectivity index (χ4n) is 1.43. The molecule has 0 fully saturated rings. The molecule has 1 aromatic carbocycles. The van der Waals surface area contributed by atoms with Crippen LogP contribution < -0.4 is 5.73 Å². The van der Waals surface area contributed by atoms with Crippen molar-refractivity contribution in [3.63, 3.8) is 0 Å². The number of rotatable bonds is 2. The Bertz CT molecular complexity index is 351. The second-order valence-electron chi connectivity index (χ2n) is 3.48. The smallest absolute Gasteiger partial charge is 0.328 e. The first-order valence-corrected chi connectivity index (χ1v) is 4.18. The minimum atomic E-state index is -1.56. The molecular formula is C10H13NO3. The maximum Gasteiger partial charge on any atom is 0.328 e. The summed E-state index contributed by atoms with van der Waals surface area (Å²) in [5, 5.41) is 18.4. The maximum absolute atomic E-state index is 10.9. The molecule has 1 aromatic rings. The molecule has 0 saturated heterocycles. The van der Waals surface area contributed by atoms with Gasteiger partial charge in [0.25, 0.3) is 0 Å². The molecule has 4 nitrogen and oxygen atoms in total. The molecule has 76 valence electrons. The van der Waals surface area contributed by atoms with Crippen molar-refractivity contribution in [3.8, 4) is 5.75 Å². The van der Waals surface area contributed by atoms with Gasteiger partial charge in [-0.1, -0.05) is 12.1 Å². The van der Waals surface area contributed by atoms with Crippen molar-refractivity contribution in [2.24, 2.45) is 5.73 Å². The van der Waals surface area contributed by atoms with E-state index in [1.165, 1.54) is 13.0 Å². The molecule has 0 aliphatic heterocycles. The van der Waals surface area contributed by atoms with E-state index in [0.29, 0.717) is 5.56 Å². The van der Waals surface area contributed by atoms with Crippen molar-refractivity contribution in [2.75, 3.05) is 0 Å². The van der Waals surface area contributed by atoms with Crippen LogP contribution in [0.4, 0.5) is 0 Å². The Kier molecular flexibility index (Phi) is 2.49. The molecule has 0 spiro atoms. The number of aliphatic carboxylic acids is 1. The van der Waals surface area contributed by atoms with Gasteiger partial charge in [0.1, 0.15) is 11.3 Å². The molecule has 0 bridgehead atoms. The zero-order valence-corrected chi connectivity index (χ0v) is 8.11. The fourth-order valence-corrected chi connectivity index (χ4v) is 1.43. The van der Waals surface area contributed by atoms with Crippen LogP contribution in [-0.2, 0) is 10.3 Å². The number of carboxylic acids is 1. The summed E-state index contributed by atoms with van der Waals surface area (Å²) in [6.07, 6.45) is 0. The van der Waals surface area contributed by atoms with Crippen LogP contribution in [-0.4, -0.2) is 16.2 Å². The second kappa shape index (κ2) is 3.31. The number of hydrogen-bond donors (Lipinski definition) is 3. The summed E-state index contributed by atoms with van der Waals surface area (Å²) in [5.74, 6) is -1.25. The van der Waals surface area contributed by atoms with Gasteiger partial charge in [0.05, 0.1) is 0 Å². The lowest BCUT2D eigenvalue weighted by Gasteiger charge is -2.22. The molecular weight excluding hydrogens is 182 g/mol. The Morgan fingerprint density at radius 2 is 2.07 bits per heavy atom. The van der Waals surface area contributed by atoms with Gasteiger partial charge in [0.15, 0.2) is 0 Å². The highest BCUT2D eigenvalue weighted by molar-refractivity contribution is 5.81. The average molecular weight is 195 g/mol. The third-order valence-electron chi connectivity index (χ3n) is 2.21. The summed E-state index contributed by atoms with van der Waals surface area (Å²) in [6.45, 7) is 3.07. The number of benzene rings is 1. The van der Waals surface area contributed by atoms with Crippen molar-refractivity contribution in [1.29, 1.82) is 0 Å². The first kappa shape index (κ1) is 10.5. The molecule has 0 aliphatic rings. The molecule has 1 atom stereocenters. The largest absolute Gasteiger partial charge is 0.508 e. The molecule has 0 heterocycles. The van der Waals surface area contributed by atoms with Gasteiger partial charge in [-0.25, -0.2) is 4.79 Å². The van der Waals surface area contributed by atoms with Crippen molar-refractivity contribution in [1.82, 2.24) is 0 Å². The highest BCUT2D eigenvalue weighted by atomic mass is 16.4. The summed E-state index contributed by atoms with van der Waals surface area (Å²) >= 11 is 0. The molecule has 0 unspecified atom stereocenters. The van der Waals surface area contributed by atoms with Crippen LogP contribution in [0.3, 0.4) is 0 Å². The monoisotopic (exact) mass is 195 g/mol. The summed E-state index contributed by atoms with van der Waals surface area (Å²) in [7, 11) is 0. The van der Waals surface area contributed by atoms with Gasteiger partial charge < -0.3 is 15.9 Å². The molecule has 0 amide bonds. The highest BCUT2D eigenvalue weighted by Crippen LogP contribution is 2.30. The van der Waals surface area contributed by atoms with E-state index in [4.69, 9.17) is 10.8 Å². The number of hydrogen-bond acceptors (Lipinski definition) is 3. The maximum atomic E-state index is 10.9. The fraction of sp³-hybridized carbons (Fsp3) is 0.300. The van der Waals surface area contributed by atoms with Crippen LogP contribution in [0.15, 0.2) is 18.2 Å². The Balaban J connectivity index is 3.38. The van der Waals surface area contributed by atoms with Gasteiger partial charge >= 0.3 is 5.97 Å². The molecule has 0 aliphatic carbocycles. The molecule has 0 aromatic heterocycles. The zero-order chi connectivity index (χ0) is 10.9. The van der Waals surface area contributed by atoms with Gasteiger partial charge in [-0.15, -0.1) is 0 Å². The van der Waals surface area contributed by atoms with Crippen LogP contribution in [0, 0.1) is 6.92 Å². The lowest BCUT2D eigenvalue weighted by Crippen LogP contribution is -2.42. The molecule has 0 radical (unpaired) electrons. The Morgan fingerprint density at radius 3 is 2.50 bits per heavy atom. The Morgan fingerprint density at radius 1 is 1.50 bits per heavy atom. The van der Waals surface area contributed by atoms with E-state index < -0.39 is 11.5 Å². The molecule has 1 rings (SSSR count). The number of carboxylic acid groups (broad SMARTS) is 1. The number of aromatic hydroxyl groups is 1. The van der Waals surface area contributed by atoms with Crippen molar-refractivity contribution in [3.05, 3.63) is 29.3 Å². The molecule has 0 saturated carbocycles. The summed E-state index contributed by atoms with van der Waals surface area (Å²) in [6, 6.07) is 4.78. The minimum absolute atomic E-state index is 0.0857. The first-order chi connectivity index (χ1) is 6.37. The summed E-state index contributed by atoms with van der Waals surface area (Å²) in [4.78, 5) is 10.9. The molecule has 4 heteroatoms. The van der Waals surface area contributed by atoms with Crippen molar-refractivity contribution >= 4 is 5.97 Å². The highest BCUT2D eigenvalue weighted by Gasteiger charge is 2.34. The van der Waals surface area contributed by atoms with Crippen LogP contribution in [0.25, 0.3) is 0 Å². The number of carbonyl (C=O) groups is 1. The predicted octanol–water partition coefficient (Wildman–Crippen LogP) is 0.959. The standard InChI is InChI=1S/C10H13NO3/c1-6-4-3-5-7(12)8(6)10(2,11)9(13)14/h3-5,12H,11H2,1-2H3,(H,13,14)/t10-/m1/s1. The van der Waals surface area contributed by atoms with Gasteiger partial charge in [-0.05, 0) is 25.5 Å². The Labute approximate surface area is 82.0 Å². The van der Waals surface area contributed by atoms with E-state index in [1.54, 1.807) is 19.1 Å². The van der Waals surface area contributed by atoms with E-state index in [9.17, 15) is 9.90 Å². The van der Waals surface area contributed by atoms with Crippen LogP contribution >= 0.6 is 0 Å². The molecule has 14 heavy (non-hydrogen) atoms. The zero-order valence-electron chi connectivity index (χ0n) is 8.11. The normalized spacial score (nSPS) is 14.8. The van der Waals surface area contributed by atoms with E-state index >= 15 is 0 Å². The number of phenolic OH excluding ortho intramolecular Hbond substituents is 1.